The van der Waals surface area contributed by atoms with Crippen molar-refractivity contribution in [3.05, 3.63) is 96.3 Å². The van der Waals surface area contributed by atoms with Crippen molar-refractivity contribution >= 4 is 68.1 Å². The highest BCUT2D eigenvalue weighted by molar-refractivity contribution is 9.10. The summed E-state index contributed by atoms with van der Waals surface area (Å²) in [6.07, 6.45) is 1.69. The first-order valence-electron chi connectivity index (χ1n) is 11.1. The molecule has 0 unspecified atom stereocenters. The van der Waals surface area contributed by atoms with Gasteiger partial charge in [-0.1, -0.05) is 53.5 Å². The smallest absolute Gasteiger partial charge is 0.293 e. The summed E-state index contributed by atoms with van der Waals surface area (Å²) in [5, 5.41) is 0.764. The minimum Gasteiger partial charge on any atom is -0.490 e. The zero-order valence-electron chi connectivity index (χ0n) is 19.5. The van der Waals surface area contributed by atoms with Crippen LogP contribution in [0.4, 0.5) is 4.79 Å². The third kappa shape index (κ3) is 6.09. The molecule has 0 bridgehead atoms. The molecule has 0 aliphatic carbocycles. The van der Waals surface area contributed by atoms with Crippen molar-refractivity contribution in [2.45, 2.75) is 27.0 Å². The van der Waals surface area contributed by atoms with E-state index in [2.05, 4.69) is 15.9 Å². The maximum Gasteiger partial charge on any atom is 0.293 e. The molecule has 4 rings (SSSR count). The second-order valence-electron chi connectivity index (χ2n) is 7.98. The Balaban J connectivity index is 1.57. The summed E-state index contributed by atoms with van der Waals surface area (Å²) in [5.74, 6) is 0.690. The molecule has 0 spiro atoms. The van der Waals surface area contributed by atoms with Gasteiger partial charge in [0.2, 0.25) is 0 Å². The lowest BCUT2D eigenvalue weighted by Crippen LogP contribution is -2.27. The second-order valence-corrected chi connectivity index (χ2v) is 10.7. The lowest BCUT2D eigenvalue weighted by atomic mass is 10.1. The van der Waals surface area contributed by atoms with E-state index in [1.807, 2.05) is 44.2 Å². The summed E-state index contributed by atoms with van der Waals surface area (Å²) < 4.78 is 12.5. The number of benzene rings is 3. The first-order chi connectivity index (χ1) is 17.3. The number of carbonyl (C=O) groups is 2. The normalized spacial score (nSPS) is 14.6. The van der Waals surface area contributed by atoms with Gasteiger partial charge in [-0.05, 0) is 88.6 Å². The third-order valence-electron chi connectivity index (χ3n) is 5.48. The fourth-order valence-corrected chi connectivity index (χ4v) is 5.48. The number of amides is 2. The van der Waals surface area contributed by atoms with E-state index in [-0.39, 0.29) is 24.3 Å². The molecular weight excluding hydrogens is 585 g/mol. The predicted molar refractivity (Wildman–Crippen MR) is 149 cm³/mol. The highest BCUT2D eigenvalue weighted by Crippen LogP contribution is 2.40. The van der Waals surface area contributed by atoms with Crippen LogP contribution >= 0.6 is 50.9 Å². The van der Waals surface area contributed by atoms with Crippen LogP contribution in [0.1, 0.15) is 29.2 Å². The van der Waals surface area contributed by atoms with Crippen molar-refractivity contribution < 1.29 is 19.1 Å². The Morgan fingerprint density at radius 2 is 1.81 bits per heavy atom. The predicted octanol–water partition coefficient (Wildman–Crippen LogP) is 8.28. The Morgan fingerprint density at radius 1 is 1.03 bits per heavy atom. The first kappa shape index (κ1) is 26.6. The molecular formula is C27H22BrCl2NO4S. The summed E-state index contributed by atoms with van der Waals surface area (Å²) in [4.78, 5) is 27.3. The highest BCUT2D eigenvalue weighted by atomic mass is 79.9. The number of halogens is 3. The maximum atomic E-state index is 13.0. The standard InChI is InChI=1S/C27H22BrCl2NO4S/c1-3-34-23-11-17(10-21(28)25(23)35-15-19-8-9-20(29)13-22(19)30)12-24-26(32)31(27(33)36-24)14-18-7-5-4-6-16(18)2/h4-13H,3,14-15H2,1-2H3/b24-12-. The topological polar surface area (TPSA) is 55.8 Å². The van der Waals surface area contributed by atoms with E-state index >= 15 is 0 Å². The Bertz CT molecular complexity index is 1360. The van der Waals surface area contributed by atoms with Gasteiger partial charge in [-0.3, -0.25) is 14.5 Å². The van der Waals surface area contributed by atoms with Crippen LogP contribution in [0.15, 0.2) is 64.0 Å². The average Bonchev–Trinajstić information content (AvgIpc) is 3.08. The zero-order chi connectivity index (χ0) is 25.8. The molecule has 0 saturated carbocycles. The van der Waals surface area contributed by atoms with E-state index in [4.69, 9.17) is 32.7 Å². The van der Waals surface area contributed by atoms with E-state index in [1.165, 1.54) is 4.90 Å². The van der Waals surface area contributed by atoms with Crippen molar-refractivity contribution in [2.75, 3.05) is 6.61 Å². The van der Waals surface area contributed by atoms with Gasteiger partial charge >= 0.3 is 0 Å². The minimum atomic E-state index is -0.319. The van der Waals surface area contributed by atoms with Gasteiger partial charge in [0.1, 0.15) is 6.61 Å². The molecule has 0 radical (unpaired) electrons. The van der Waals surface area contributed by atoms with Gasteiger partial charge < -0.3 is 9.47 Å². The van der Waals surface area contributed by atoms with Gasteiger partial charge in [-0.25, -0.2) is 0 Å². The van der Waals surface area contributed by atoms with Crippen LogP contribution < -0.4 is 9.47 Å². The number of ether oxygens (including phenoxy) is 2. The number of rotatable bonds is 8. The van der Waals surface area contributed by atoms with Crippen molar-refractivity contribution in [2.24, 2.45) is 0 Å². The molecule has 0 aromatic heterocycles. The van der Waals surface area contributed by atoms with Crippen LogP contribution in [0.2, 0.25) is 10.0 Å². The van der Waals surface area contributed by atoms with E-state index in [0.717, 1.165) is 28.5 Å². The summed E-state index contributed by atoms with van der Waals surface area (Å²) in [5.41, 5.74) is 3.44. The molecule has 1 aliphatic heterocycles. The molecule has 3 aromatic rings. The molecule has 5 nitrogen and oxygen atoms in total. The van der Waals surface area contributed by atoms with Crippen LogP contribution in [0, 0.1) is 6.92 Å². The number of thioether (sulfide) groups is 1. The number of hydrogen-bond acceptors (Lipinski definition) is 5. The zero-order valence-corrected chi connectivity index (χ0v) is 23.4. The Kier molecular flexibility index (Phi) is 8.67. The van der Waals surface area contributed by atoms with Crippen molar-refractivity contribution in [3.63, 3.8) is 0 Å². The fourth-order valence-electron chi connectivity index (χ4n) is 3.61. The van der Waals surface area contributed by atoms with E-state index in [9.17, 15) is 9.59 Å². The van der Waals surface area contributed by atoms with Gasteiger partial charge in [-0.15, -0.1) is 0 Å². The van der Waals surface area contributed by atoms with Crippen LogP contribution in [-0.2, 0) is 17.9 Å². The first-order valence-corrected chi connectivity index (χ1v) is 13.5. The lowest BCUT2D eigenvalue weighted by molar-refractivity contribution is -0.123. The summed E-state index contributed by atoms with van der Waals surface area (Å²) in [6.45, 7) is 4.70. The molecule has 1 fully saturated rings. The second kappa shape index (κ2) is 11.7. The summed E-state index contributed by atoms with van der Waals surface area (Å²) >= 11 is 16.7. The summed E-state index contributed by atoms with van der Waals surface area (Å²) in [7, 11) is 0. The molecule has 1 saturated heterocycles. The van der Waals surface area contributed by atoms with Gasteiger partial charge in [0.05, 0.1) is 22.5 Å². The van der Waals surface area contributed by atoms with Crippen LogP contribution in [0.25, 0.3) is 6.08 Å². The number of imide groups is 1. The van der Waals surface area contributed by atoms with E-state index in [0.29, 0.717) is 43.1 Å². The fraction of sp³-hybridized carbons (Fsp3) is 0.185. The monoisotopic (exact) mass is 605 g/mol. The molecule has 0 atom stereocenters. The number of nitrogens with zero attached hydrogens (tertiary/aromatic N) is 1. The van der Waals surface area contributed by atoms with Crippen molar-refractivity contribution in [3.8, 4) is 11.5 Å². The van der Waals surface area contributed by atoms with E-state index in [1.54, 1.807) is 30.3 Å². The van der Waals surface area contributed by atoms with Gasteiger partial charge in [0.25, 0.3) is 11.1 Å². The minimum absolute atomic E-state index is 0.214. The maximum absolute atomic E-state index is 13.0. The van der Waals surface area contributed by atoms with Crippen LogP contribution in [-0.4, -0.2) is 22.7 Å². The van der Waals surface area contributed by atoms with Crippen LogP contribution in [0.5, 0.6) is 11.5 Å². The Hall–Kier alpha value is -2.45. The van der Waals surface area contributed by atoms with Gasteiger partial charge in [0, 0.05) is 15.6 Å². The molecule has 1 aliphatic rings. The molecule has 1 heterocycles. The third-order valence-corrected chi connectivity index (χ3v) is 7.56. The molecule has 9 heteroatoms. The van der Waals surface area contributed by atoms with Gasteiger partial charge in [-0.2, -0.15) is 0 Å². The number of hydrogen-bond donors (Lipinski definition) is 0. The largest absolute Gasteiger partial charge is 0.490 e. The molecule has 36 heavy (non-hydrogen) atoms. The van der Waals surface area contributed by atoms with Crippen molar-refractivity contribution in [1.29, 1.82) is 0 Å². The molecule has 2 amide bonds. The average molecular weight is 607 g/mol. The molecule has 3 aromatic carbocycles. The SMILES string of the molecule is CCOc1cc(/C=C2\SC(=O)N(Cc3ccccc3C)C2=O)cc(Br)c1OCc1ccc(Cl)cc1Cl. The molecule has 186 valence electrons. The van der Waals surface area contributed by atoms with Gasteiger partial charge in [0.15, 0.2) is 11.5 Å². The highest BCUT2D eigenvalue weighted by Gasteiger charge is 2.35. The number of carbonyl (C=O) groups excluding carboxylic acids is 2. The Labute approximate surface area is 232 Å². The molecule has 0 N–H and O–H groups in total. The Morgan fingerprint density at radius 3 is 2.53 bits per heavy atom. The summed E-state index contributed by atoms with van der Waals surface area (Å²) in [6, 6.07) is 16.5. The quantitative estimate of drug-likeness (QED) is 0.241. The lowest BCUT2D eigenvalue weighted by Gasteiger charge is -2.15. The number of aryl methyl sites for hydroxylation is 1. The van der Waals surface area contributed by atoms with E-state index < -0.39 is 0 Å². The van der Waals surface area contributed by atoms with Crippen molar-refractivity contribution in [1.82, 2.24) is 4.90 Å². The van der Waals surface area contributed by atoms with Crippen LogP contribution in [0.3, 0.4) is 0 Å².